The first-order chi connectivity index (χ1) is 13.1. The maximum Gasteiger partial charge on any atom is 0.342 e. The van der Waals surface area contributed by atoms with E-state index in [-0.39, 0.29) is 36.3 Å². The van der Waals surface area contributed by atoms with Crippen LogP contribution < -0.4 is 15.8 Å². The second-order valence-electron chi connectivity index (χ2n) is 7.67. The molecule has 7 heteroatoms. The molecule has 0 saturated heterocycles. The van der Waals surface area contributed by atoms with Crippen LogP contribution in [0.2, 0.25) is 0 Å². The number of pyridine rings is 1. The third kappa shape index (κ3) is 4.71. The van der Waals surface area contributed by atoms with E-state index in [0.717, 1.165) is 0 Å². The number of aryl methyl sites for hydroxylation is 1. The van der Waals surface area contributed by atoms with E-state index in [1.807, 2.05) is 39.8 Å². The van der Waals surface area contributed by atoms with E-state index in [1.165, 1.54) is 0 Å². The van der Waals surface area contributed by atoms with Gasteiger partial charge in [0.25, 0.3) is 0 Å². The molecular formula is C21H29N3O4. The Morgan fingerprint density at radius 2 is 1.96 bits per heavy atom. The summed E-state index contributed by atoms with van der Waals surface area (Å²) in [5, 5.41) is 3.52. The molecule has 0 aliphatic heterocycles. The molecular weight excluding hydrogens is 358 g/mol. The lowest BCUT2D eigenvalue weighted by atomic mass is 10.0. The number of carbonyl (C=O) groups excluding carboxylic acids is 2. The molecule has 0 radical (unpaired) electrons. The number of carbonyl (C=O) groups is 2. The minimum Gasteiger partial charge on any atom is -0.490 e. The molecule has 7 nitrogen and oxygen atoms in total. The summed E-state index contributed by atoms with van der Waals surface area (Å²) in [6.45, 7) is 11.4. The Morgan fingerprint density at radius 3 is 2.57 bits per heavy atom. The third-order valence-electron chi connectivity index (χ3n) is 4.25. The van der Waals surface area contributed by atoms with Gasteiger partial charge in [0.15, 0.2) is 0 Å². The average Bonchev–Trinajstić information content (AvgIpc) is 2.59. The van der Waals surface area contributed by atoms with Gasteiger partial charge in [-0.05, 0) is 39.8 Å². The van der Waals surface area contributed by atoms with E-state index >= 15 is 0 Å². The molecule has 0 bridgehead atoms. The van der Waals surface area contributed by atoms with Gasteiger partial charge >= 0.3 is 5.97 Å². The summed E-state index contributed by atoms with van der Waals surface area (Å²) in [7, 11) is 0. The summed E-state index contributed by atoms with van der Waals surface area (Å²) in [6.07, 6.45) is 0. The van der Waals surface area contributed by atoms with Gasteiger partial charge in [-0.25, -0.2) is 4.79 Å². The summed E-state index contributed by atoms with van der Waals surface area (Å²) in [5.74, 6) is -0.175. The van der Waals surface area contributed by atoms with Crippen molar-refractivity contribution in [3.63, 3.8) is 0 Å². The maximum atomic E-state index is 12.3. The van der Waals surface area contributed by atoms with Crippen molar-refractivity contribution in [3.05, 3.63) is 29.5 Å². The zero-order valence-electron chi connectivity index (χ0n) is 17.4. The Labute approximate surface area is 165 Å². The highest BCUT2D eigenvalue weighted by Gasteiger charge is 2.25. The van der Waals surface area contributed by atoms with E-state index in [0.29, 0.717) is 22.3 Å². The number of nitrogen functional groups attached to an aromatic ring is 1. The number of ether oxygens (including phenoxy) is 2. The first-order valence-electron chi connectivity index (χ1n) is 9.38. The first kappa shape index (κ1) is 21.5. The lowest BCUT2D eigenvalue weighted by Gasteiger charge is -2.27. The first-order valence-corrected chi connectivity index (χ1v) is 9.38. The fourth-order valence-electron chi connectivity index (χ4n) is 2.79. The van der Waals surface area contributed by atoms with Crippen molar-refractivity contribution < 1.29 is 19.1 Å². The lowest BCUT2D eigenvalue weighted by molar-refractivity contribution is -0.126. The van der Waals surface area contributed by atoms with Crippen LogP contribution in [0.4, 0.5) is 5.69 Å². The number of benzene rings is 1. The van der Waals surface area contributed by atoms with Crippen LogP contribution in [0.25, 0.3) is 10.9 Å². The molecule has 3 N–H and O–H groups in total. The van der Waals surface area contributed by atoms with Crippen LogP contribution in [0.1, 0.15) is 50.7 Å². The van der Waals surface area contributed by atoms with Crippen LogP contribution in [-0.2, 0) is 9.53 Å². The molecule has 2 rings (SSSR count). The minimum absolute atomic E-state index is 0.0482. The van der Waals surface area contributed by atoms with E-state index in [2.05, 4.69) is 10.3 Å². The second-order valence-corrected chi connectivity index (χ2v) is 7.67. The predicted octanol–water partition coefficient (Wildman–Crippen LogP) is 3.23. The average molecular weight is 387 g/mol. The van der Waals surface area contributed by atoms with Crippen LogP contribution in [0, 0.1) is 12.8 Å². The Kier molecular flexibility index (Phi) is 6.48. The number of hydrogen-bond donors (Lipinski definition) is 2. The van der Waals surface area contributed by atoms with Crippen molar-refractivity contribution in [2.75, 3.05) is 18.9 Å². The van der Waals surface area contributed by atoms with Crippen LogP contribution >= 0.6 is 0 Å². The molecule has 0 unspecified atom stereocenters. The molecule has 152 valence electrons. The Hall–Kier alpha value is -2.83. The summed E-state index contributed by atoms with van der Waals surface area (Å²) >= 11 is 0. The number of amides is 1. The quantitative estimate of drug-likeness (QED) is 0.707. The van der Waals surface area contributed by atoms with Crippen molar-refractivity contribution in [1.29, 1.82) is 0 Å². The number of fused-ring (bicyclic) bond motifs is 1. The standard InChI is InChI=1S/C21H29N3O4/c1-7-27-20(26)16-13(4)23-14-9-8-10-15(17(14)18(16)22)28-11-21(5,6)24-19(25)12(2)3/h8-10,12H,7,11H2,1-6H3,(H2,22,23)(H,24,25). The molecule has 0 fully saturated rings. The molecule has 0 aliphatic carbocycles. The van der Waals surface area contributed by atoms with Crippen molar-refractivity contribution >= 4 is 28.5 Å². The predicted molar refractivity (Wildman–Crippen MR) is 109 cm³/mol. The topological polar surface area (TPSA) is 104 Å². The number of hydrogen-bond acceptors (Lipinski definition) is 6. The van der Waals surface area contributed by atoms with Gasteiger partial charge in [0.05, 0.1) is 34.4 Å². The monoisotopic (exact) mass is 387 g/mol. The molecule has 1 amide bonds. The SMILES string of the molecule is CCOC(=O)c1c(C)nc2cccc(OCC(C)(C)NC(=O)C(C)C)c2c1N. The van der Waals surface area contributed by atoms with Gasteiger partial charge in [-0.1, -0.05) is 19.9 Å². The molecule has 0 aliphatic rings. The van der Waals surface area contributed by atoms with E-state index in [1.54, 1.807) is 19.9 Å². The van der Waals surface area contributed by atoms with E-state index < -0.39 is 11.5 Å². The molecule has 28 heavy (non-hydrogen) atoms. The Balaban J connectivity index is 2.39. The molecule has 0 spiro atoms. The van der Waals surface area contributed by atoms with Crippen LogP contribution in [-0.4, -0.2) is 35.6 Å². The number of anilines is 1. The third-order valence-corrected chi connectivity index (χ3v) is 4.25. The number of aromatic nitrogens is 1. The van der Waals surface area contributed by atoms with Crippen molar-refractivity contribution in [3.8, 4) is 5.75 Å². The molecule has 1 aromatic carbocycles. The number of rotatable bonds is 7. The number of nitrogens with one attached hydrogen (secondary N) is 1. The molecule has 0 saturated carbocycles. The van der Waals surface area contributed by atoms with Gasteiger partial charge in [-0.15, -0.1) is 0 Å². The highest BCUT2D eigenvalue weighted by Crippen LogP contribution is 2.34. The van der Waals surface area contributed by atoms with Crippen molar-refractivity contribution in [1.82, 2.24) is 10.3 Å². The molecule has 2 aromatic rings. The van der Waals surface area contributed by atoms with Gasteiger partial charge in [0.2, 0.25) is 5.91 Å². The van der Waals surface area contributed by atoms with Gasteiger partial charge in [0.1, 0.15) is 17.9 Å². The maximum absolute atomic E-state index is 12.3. The lowest BCUT2D eigenvalue weighted by Crippen LogP contribution is -2.49. The number of nitrogens with two attached hydrogens (primary N) is 1. The largest absolute Gasteiger partial charge is 0.490 e. The van der Waals surface area contributed by atoms with Crippen LogP contribution in [0.3, 0.4) is 0 Å². The van der Waals surface area contributed by atoms with Crippen molar-refractivity contribution in [2.24, 2.45) is 5.92 Å². The number of esters is 1. The fraction of sp³-hybridized carbons (Fsp3) is 0.476. The Bertz CT molecular complexity index is 891. The summed E-state index contributed by atoms with van der Waals surface area (Å²) < 4.78 is 11.1. The van der Waals surface area contributed by atoms with Crippen molar-refractivity contribution in [2.45, 2.75) is 47.1 Å². The summed E-state index contributed by atoms with van der Waals surface area (Å²) in [6, 6.07) is 5.39. The molecule has 1 heterocycles. The number of nitrogens with zero attached hydrogens (tertiary/aromatic N) is 1. The normalized spacial score (nSPS) is 11.5. The second kappa shape index (κ2) is 8.46. The van der Waals surface area contributed by atoms with E-state index in [4.69, 9.17) is 15.2 Å². The van der Waals surface area contributed by atoms with Gasteiger partial charge < -0.3 is 20.5 Å². The Morgan fingerprint density at radius 1 is 1.29 bits per heavy atom. The summed E-state index contributed by atoms with van der Waals surface area (Å²) in [4.78, 5) is 28.8. The summed E-state index contributed by atoms with van der Waals surface area (Å²) in [5.41, 5.74) is 7.40. The zero-order valence-corrected chi connectivity index (χ0v) is 17.4. The fourth-order valence-corrected chi connectivity index (χ4v) is 2.79. The van der Waals surface area contributed by atoms with Gasteiger partial charge in [-0.2, -0.15) is 0 Å². The highest BCUT2D eigenvalue weighted by atomic mass is 16.5. The molecule has 1 aromatic heterocycles. The minimum atomic E-state index is -0.583. The van der Waals surface area contributed by atoms with Crippen LogP contribution in [0.15, 0.2) is 18.2 Å². The van der Waals surface area contributed by atoms with Gasteiger partial charge in [-0.3, -0.25) is 9.78 Å². The van der Waals surface area contributed by atoms with E-state index in [9.17, 15) is 9.59 Å². The smallest absolute Gasteiger partial charge is 0.342 e. The highest BCUT2D eigenvalue weighted by molar-refractivity contribution is 6.07. The van der Waals surface area contributed by atoms with Crippen LogP contribution in [0.5, 0.6) is 5.75 Å². The zero-order chi connectivity index (χ0) is 21.1. The van der Waals surface area contributed by atoms with Gasteiger partial charge in [0, 0.05) is 5.92 Å². The molecule has 0 atom stereocenters.